The van der Waals surface area contributed by atoms with Crippen molar-refractivity contribution >= 4 is 23.2 Å². The van der Waals surface area contributed by atoms with E-state index in [1.54, 1.807) is 0 Å². The molecule has 0 saturated carbocycles. The number of amides is 1. The van der Waals surface area contributed by atoms with Crippen LogP contribution >= 0.6 is 11.6 Å². The second-order valence-corrected chi connectivity index (χ2v) is 6.48. The van der Waals surface area contributed by atoms with Crippen LogP contribution in [0.15, 0.2) is 78.9 Å². The molecule has 0 bridgehead atoms. The SMILES string of the molecule is O=C(CNCCc1cccc(Cl)c1)Nc1ccc(Oc2ccccc2)cc1. The standard InChI is InChI=1S/C22H21ClN2O2/c23-18-6-4-5-17(15-18)13-14-24-16-22(26)25-19-9-11-21(12-10-19)27-20-7-2-1-3-8-20/h1-12,15,24H,13-14,16H2,(H,25,26). The minimum absolute atomic E-state index is 0.0854. The van der Waals surface area contributed by atoms with Crippen LogP contribution in [0.1, 0.15) is 5.56 Å². The minimum Gasteiger partial charge on any atom is -0.457 e. The Morgan fingerprint density at radius 3 is 2.37 bits per heavy atom. The Hall–Kier alpha value is -2.82. The van der Waals surface area contributed by atoms with Crippen molar-refractivity contribution in [1.29, 1.82) is 0 Å². The van der Waals surface area contributed by atoms with Crippen LogP contribution in [0.3, 0.4) is 0 Å². The summed E-state index contributed by atoms with van der Waals surface area (Å²) in [6.07, 6.45) is 0.819. The van der Waals surface area contributed by atoms with E-state index in [0.29, 0.717) is 6.54 Å². The zero-order chi connectivity index (χ0) is 18.9. The summed E-state index contributed by atoms with van der Waals surface area (Å²) in [6, 6.07) is 24.6. The quantitative estimate of drug-likeness (QED) is 0.546. The fourth-order valence-corrected chi connectivity index (χ4v) is 2.78. The van der Waals surface area contributed by atoms with Gasteiger partial charge in [0, 0.05) is 10.7 Å². The molecule has 0 unspecified atom stereocenters. The van der Waals surface area contributed by atoms with Crippen LogP contribution in [0.5, 0.6) is 11.5 Å². The third kappa shape index (κ3) is 6.44. The molecule has 0 radical (unpaired) electrons. The first-order valence-corrected chi connectivity index (χ1v) is 9.15. The molecule has 0 fully saturated rings. The van der Waals surface area contributed by atoms with Crippen LogP contribution in [0.2, 0.25) is 5.02 Å². The molecule has 27 heavy (non-hydrogen) atoms. The molecule has 0 spiro atoms. The number of hydrogen-bond donors (Lipinski definition) is 2. The van der Waals surface area contributed by atoms with Gasteiger partial charge in [-0.05, 0) is 67.1 Å². The Labute approximate surface area is 164 Å². The molecule has 0 aliphatic heterocycles. The lowest BCUT2D eigenvalue weighted by Gasteiger charge is -2.09. The van der Waals surface area contributed by atoms with Gasteiger partial charge in [-0.1, -0.05) is 41.9 Å². The average Bonchev–Trinajstić information content (AvgIpc) is 2.68. The van der Waals surface area contributed by atoms with E-state index < -0.39 is 0 Å². The summed E-state index contributed by atoms with van der Waals surface area (Å²) >= 11 is 5.96. The van der Waals surface area contributed by atoms with Crippen molar-refractivity contribution in [2.45, 2.75) is 6.42 Å². The summed E-state index contributed by atoms with van der Waals surface area (Å²) in [5.74, 6) is 1.41. The Morgan fingerprint density at radius 1 is 0.889 bits per heavy atom. The Bertz CT molecular complexity index is 867. The molecule has 138 valence electrons. The van der Waals surface area contributed by atoms with Crippen LogP contribution in [0.4, 0.5) is 5.69 Å². The van der Waals surface area contributed by atoms with Gasteiger partial charge >= 0.3 is 0 Å². The predicted molar refractivity (Wildman–Crippen MR) is 110 cm³/mol. The predicted octanol–water partition coefficient (Wildman–Crippen LogP) is 4.90. The van der Waals surface area contributed by atoms with Crippen molar-refractivity contribution in [3.8, 4) is 11.5 Å². The van der Waals surface area contributed by atoms with E-state index in [0.717, 1.165) is 34.2 Å². The van der Waals surface area contributed by atoms with Crippen molar-refractivity contribution in [3.63, 3.8) is 0 Å². The van der Waals surface area contributed by atoms with Crippen molar-refractivity contribution < 1.29 is 9.53 Å². The lowest BCUT2D eigenvalue weighted by atomic mass is 10.1. The number of anilines is 1. The molecular weight excluding hydrogens is 360 g/mol. The molecule has 0 aromatic heterocycles. The third-order valence-electron chi connectivity index (χ3n) is 3.88. The Kier molecular flexibility index (Phi) is 6.85. The molecule has 0 atom stereocenters. The van der Waals surface area contributed by atoms with E-state index in [2.05, 4.69) is 10.6 Å². The van der Waals surface area contributed by atoms with Gasteiger partial charge in [-0.3, -0.25) is 4.79 Å². The second-order valence-electron chi connectivity index (χ2n) is 6.04. The Balaban J connectivity index is 1.40. The van der Waals surface area contributed by atoms with Crippen LogP contribution in [0.25, 0.3) is 0 Å². The summed E-state index contributed by atoms with van der Waals surface area (Å²) in [7, 11) is 0. The van der Waals surface area contributed by atoms with E-state index in [9.17, 15) is 4.79 Å². The summed E-state index contributed by atoms with van der Waals surface area (Å²) in [6.45, 7) is 0.959. The summed E-state index contributed by atoms with van der Waals surface area (Å²) in [5.41, 5.74) is 1.88. The van der Waals surface area contributed by atoms with Gasteiger partial charge < -0.3 is 15.4 Å². The van der Waals surface area contributed by atoms with Crippen molar-refractivity contribution in [3.05, 3.63) is 89.4 Å². The molecule has 2 N–H and O–H groups in total. The molecular formula is C22H21ClN2O2. The third-order valence-corrected chi connectivity index (χ3v) is 4.12. The smallest absolute Gasteiger partial charge is 0.238 e. The molecule has 5 heteroatoms. The lowest BCUT2D eigenvalue weighted by Crippen LogP contribution is -2.29. The maximum Gasteiger partial charge on any atom is 0.238 e. The van der Waals surface area contributed by atoms with E-state index in [1.165, 1.54) is 0 Å². The van der Waals surface area contributed by atoms with Crippen LogP contribution in [-0.2, 0) is 11.2 Å². The molecule has 1 amide bonds. The fourth-order valence-electron chi connectivity index (χ4n) is 2.56. The monoisotopic (exact) mass is 380 g/mol. The van der Waals surface area contributed by atoms with Gasteiger partial charge in [0.25, 0.3) is 0 Å². The van der Waals surface area contributed by atoms with E-state index >= 15 is 0 Å². The van der Waals surface area contributed by atoms with Crippen LogP contribution < -0.4 is 15.4 Å². The maximum absolute atomic E-state index is 12.0. The molecule has 3 aromatic carbocycles. The largest absolute Gasteiger partial charge is 0.457 e. The number of para-hydroxylation sites is 1. The molecule has 3 rings (SSSR count). The first kappa shape index (κ1) is 19.0. The highest BCUT2D eigenvalue weighted by molar-refractivity contribution is 6.30. The number of carbonyl (C=O) groups excluding carboxylic acids is 1. The molecule has 4 nitrogen and oxygen atoms in total. The number of nitrogens with one attached hydrogen (secondary N) is 2. The van der Waals surface area contributed by atoms with Gasteiger partial charge in [0.1, 0.15) is 11.5 Å². The van der Waals surface area contributed by atoms with Gasteiger partial charge in [0.05, 0.1) is 6.54 Å². The number of benzene rings is 3. The first-order chi connectivity index (χ1) is 13.2. The zero-order valence-electron chi connectivity index (χ0n) is 14.8. The number of halogens is 1. The van der Waals surface area contributed by atoms with Crippen LogP contribution in [-0.4, -0.2) is 19.0 Å². The summed E-state index contributed by atoms with van der Waals surface area (Å²) in [4.78, 5) is 12.0. The molecule has 0 saturated heterocycles. The normalized spacial score (nSPS) is 10.4. The summed E-state index contributed by atoms with van der Waals surface area (Å²) < 4.78 is 5.73. The van der Waals surface area contributed by atoms with E-state index in [1.807, 2.05) is 78.9 Å². The average molecular weight is 381 g/mol. The van der Waals surface area contributed by atoms with E-state index in [-0.39, 0.29) is 12.5 Å². The molecule has 3 aromatic rings. The lowest BCUT2D eigenvalue weighted by molar-refractivity contribution is -0.115. The van der Waals surface area contributed by atoms with Gasteiger partial charge in [-0.2, -0.15) is 0 Å². The van der Waals surface area contributed by atoms with Gasteiger partial charge in [0.2, 0.25) is 5.91 Å². The highest BCUT2D eigenvalue weighted by Gasteiger charge is 2.03. The van der Waals surface area contributed by atoms with Crippen molar-refractivity contribution in [1.82, 2.24) is 5.32 Å². The number of hydrogen-bond acceptors (Lipinski definition) is 3. The highest BCUT2D eigenvalue weighted by Crippen LogP contribution is 2.22. The number of rotatable bonds is 8. The van der Waals surface area contributed by atoms with Gasteiger partial charge in [0.15, 0.2) is 0 Å². The fraction of sp³-hybridized carbons (Fsp3) is 0.136. The van der Waals surface area contributed by atoms with Crippen molar-refractivity contribution in [2.24, 2.45) is 0 Å². The molecule has 0 heterocycles. The number of carbonyl (C=O) groups is 1. The van der Waals surface area contributed by atoms with E-state index in [4.69, 9.17) is 16.3 Å². The van der Waals surface area contributed by atoms with Crippen LogP contribution in [0, 0.1) is 0 Å². The zero-order valence-corrected chi connectivity index (χ0v) is 15.6. The van der Waals surface area contributed by atoms with Gasteiger partial charge in [-0.25, -0.2) is 0 Å². The number of ether oxygens (including phenoxy) is 1. The van der Waals surface area contributed by atoms with Crippen molar-refractivity contribution in [2.75, 3.05) is 18.4 Å². The van der Waals surface area contributed by atoms with Gasteiger partial charge in [-0.15, -0.1) is 0 Å². The molecule has 0 aliphatic carbocycles. The Morgan fingerprint density at radius 2 is 1.63 bits per heavy atom. The first-order valence-electron chi connectivity index (χ1n) is 8.77. The molecule has 0 aliphatic rings. The second kappa shape index (κ2) is 9.76. The summed E-state index contributed by atoms with van der Waals surface area (Å²) in [5, 5.41) is 6.73. The minimum atomic E-state index is -0.0854. The maximum atomic E-state index is 12.0. The highest BCUT2D eigenvalue weighted by atomic mass is 35.5. The topological polar surface area (TPSA) is 50.4 Å².